The van der Waals surface area contributed by atoms with Crippen LogP contribution in [0.3, 0.4) is 0 Å². The SMILES string of the molecule is CCNC(=NCCCCCCC(=O)OC)NCCN1CCOCC1.I. The van der Waals surface area contributed by atoms with E-state index < -0.39 is 0 Å². The maximum Gasteiger partial charge on any atom is 0.305 e. The summed E-state index contributed by atoms with van der Waals surface area (Å²) in [4.78, 5) is 18.0. The van der Waals surface area contributed by atoms with E-state index in [9.17, 15) is 4.79 Å². The molecule has 7 nitrogen and oxygen atoms in total. The zero-order valence-corrected chi connectivity index (χ0v) is 18.1. The van der Waals surface area contributed by atoms with Crippen molar-refractivity contribution in [1.29, 1.82) is 0 Å². The van der Waals surface area contributed by atoms with Gasteiger partial charge in [-0.25, -0.2) is 0 Å². The van der Waals surface area contributed by atoms with Gasteiger partial charge in [-0.2, -0.15) is 0 Å². The molecule has 1 aliphatic heterocycles. The average Bonchev–Trinajstić information content (AvgIpc) is 2.61. The van der Waals surface area contributed by atoms with Crippen LogP contribution in [0.4, 0.5) is 0 Å². The van der Waals surface area contributed by atoms with Crippen molar-refractivity contribution in [2.45, 2.75) is 39.0 Å². The number of nitrogens with one attached hydrogen (secondary N) is 2. The van der Waals surface area contributed by atoms with E-state index in [1.54, 1.807) is 0 Å². The van der Waals surface area contributed by atoms with E-state index in [4.69, 9.17) is 4.74 Å². The number of carbonyl (C=O) groups is 1. The highest BCUT2D eigenvalue weighted by Crippen LogP contribution is 2.04. The van der Waals surface area contributed by atoms with E-state index in [1.165, 1.54) is 7.11 Å². The number of aliphatic imine (C=N–C) groups is 1. The summed E-state index contributed by atoms with van der Waals surface area (Å²) in [7, 11) is 1.44. The molecule has 1 rings (SSSR count). The molecule has 0 unspecified atom stereocenters. The highest BCUT2D eigenvalue weighted by Gasteiger charge is 2.09. The number of halogens is 1. The molecule has 0 spiro atoms. The molecule has 0 atom stereocenters. The molecule has 1 saturated heterocycles. The fraction of sp³-hybridized carbons (Fsp3) is 0.882. The van der Waals surface area contributed by atoms with E-state index in [-0.39, 0.29) is 29.9 Å². The van der Waals surface area contributed by atoms with Gasteiger partial charge < -0.3 is 20.1 Å². The van der Waals surface area contributed by atoms with Crippen LogP contribution < -0.4 is 10.6 Å². The van der Waals surface area contributed by atoms with Gasteiger partial charge in [0.15, 0.2) is 5.96 Å². The number of guanidine groups is 1. The molecular formula is C17H35IN4O3. The predicted octanol–water partition coefficient (Wildman–Crippen LogP) is 1.62. The molecule has 0 radical (unpaired) electrons. The van der Waals surface area contributed by atoms with Gasteiger partial charge in [-0.05, 0) is 19.8 Å². The number of hydrogen-bond donors (Lipinski definition) is 2. The molecule has 2 N–H and O–H groups in total. The van der Waals surface area contributed by atoms with E-state index >= 15 is 0 Å². The number of hydrogen-bond acceptors (Lipinski definition) is 5. The van der Waals surface area contributed by atoms with E-state index in [0.29, 0.717) is 6.42 Å². The van der Waals surface area contributed by atoms with Crippen LogP contribution in [-0.4, -0.2) is 76.4 Å². The zero-order chi connectivity index (χ0) is 17.5. The molecule has 0 aliphatic carbocycles. The van der Waals surface area contributed by atoms with Gasteiger partial charge in [0.1, 0.15) is 0 Å². The Balaban J connectivity index is 0.00000576. The standard InChI is InChI=1S/C17H34N4O3.HI/c1-3-18-17(20-10-11-21-12-14-24-15-13-21)19-9-7-5-4-6-8-16(22)23-2;/h3-15H2,1-2H3,(H2,18,19,20);1H. The van der Waals surface area contributed by atoms with Gasteiger partial charge in [-0.15, -0.1) is 24.0 Å². The largest absolute Gasteiger partial charge is 0.469 e. The summed E-state index contributed by atoms with van der Waals surface area (Å²) in [6.45, 7) is 9.36. The first-order valence-corrected chi connectivity index (χ1v) is 9.15. The maximum atomic E-state index is 11.0. The first-order chi connectivity index (χ1) is 11.8. The molecule has 1 aliphatic rings. The number of rotatable bonds is 11. The lowest BCUT2D eigenvalue weighted by Crippen LogP contribution is -2.44. The van der Waals surface area contributed by atoms with Gasteiger partial charge in [0.05, 0.1) is 20.3 Å². The quantitative estimate of drug-likeness (QED) is 0.157. The molecule has 0 aromatic heterocycles. The van der Waals surface area contributed by atoms with Gasteiger partial charge in [-0.3, -0.25) is 14.7 Å². The lowest BCUT2D eigenvalue weighted by molar-refractivity contribution is -0.140. The summed E-state index contributed by atoms with van der Waals surface area (Å²) in [6.07, 6.45) is 4.60. The highest BCUT2D eigenvalue weighted by atomic mass is 127. The van der Waals surface area contributed by atoms with Crippen LogP contribution in [0.1, 0.15) is 39.0 Å². The second kappa shape index (κ2) is 16.8. The van der Waals surface area contributed by atoms with Crippen molar-refractivity contribution in [3.05, 3.63) is 0 Å². The smallest absolute Gasteiger partial charge is 0.305 e. The van der Waals surface area contributed by atoms with Crippen molar-refractivity contribution >= 4 is 35.9 Å². The Morgan fingerprint density at radius 2 is 1.88 bits per heavy atom. The summed E-state index contributed by atoms with van der Waals surface area (Å²) in [5, 5.41) is 6.67. The summed E-state index contributed by atoms with van der Waals surface area (Å²) in [6, 6.07) is 0. The molecule has 0 saturated carbocycles. The van der Waals surface area contributed by atoms with Gasteiger partial charge in [0, 0.05) is 45.7 Å². The summed E-state index contributed by atoms with van der Waals surface area (Å²) in [5.74, 6) is 0.771. The number of ether oxygens (including phenoxy) is 2. The van der Waals surface area contributed by atoms with Crippen molar-refractivity contribution in [3.63, 3.8) is 0 Å². The number of unbranched alkanes of at least 4 members (excludes halogenated alkanes) is 3. The Morgan fingerprint density at radius 3 is 2.56 bits per heavy atom. The van der Waals surface area contributed by atoms with Gasteiger partial charge >= 0.3 is 5.97 Å². The van der Waals surface area contributed by atoms with Crippen molar-refractivity contribution in [1.82, 2.24) is 15.5 Å². The molecule has 25 heavy (non-hydrogen) atoms. The lowest BCUT2D eigenvalue weighted by atomic mass is 10.1. The minimum absolute atomic E-state index is 0. The van der Waals surface area contributed by atoms with Crippen molar-refractivity contribution < 1.29 is 14.3 Å². The number of carbonyl (C=O) groups excluding carboxylic acids is 1. The number of esters is 1. The maximum absolute atomic E-state index is 11.0. The fourth-order valence-corrected chi connectivity index (χ4v) is 2.53. The molecule has 0 bridgehead atoms. The third kappa shape index (κ3) is 13.3. The minimum atomic E-state index is -0.119. The molecule has 148 valence electrons. The monoisotopic (exact) mass is 470 g/mol. The Morgan fingerprint density at radius 1 is 1.16 bits per heavy atom. The first-order valence-electron chi connectivity index (χ1n) is 9.15. The molecule has 0 aromatic carbocycles. The van der Waals surface area contributed by atoms with Crippen molar-refractivity contribution in [3.8, 4) is 0 Å². The zero-order valence-electron chi connectivity index (χ0n) is 15.7. The number of morpholine rings is 1. The molecule has 1 fully saturated rings. The fourth-order valence-electron chi connectivity index (χ4n) is 2.53. The van der Waals surface area contributed by atoms with E-state index in [1.807, 2.05) is 0 Å². The summed E-state index contributed by atoms with van der Waals surface area (Å²) < 4.78 is 9.98. The lowest BCUT2D eigenvalue weighted by Gasteiger charge is -2.26. The molecule has 0 amide bonds. The Labute approximate surface area is 169 Å². The van der Waals surface area contributed by atoms with Crippen molar-refractivity contribution in [2.75, 3.05) is 59.6 Å². The van der Waals surface area contributed by atoms with Crippen LogP contribution in [-0.2, 0) is 14.3 Å². The second-order valence-electron chi connectivity index (χ2n) is 5.88. The predicted molar refractivity (Wildman–Crippen MR) is 112 cm³/mol. The topological polar surface area (TPSA) is 75.2 Å². The minimum Gasteiger partial charge on any atom is -0.469 e. The Kier molecular flexibility index (Phi) is 16.4. The Hall–Kier alpha value is -0.610. The van der Waals surface area contributed by atoms with Crippen LogP contribution in [0, 0.1) is 0 Å². The van der Waals surface area contributed by atoms with Gasteiger partial charge in [0.2, 0.25) is 0 Å². The summed E-state index contributed by atoms with van der Waals surface area (Å²) >= 11 is 0. The highest BCUT2D eigenvalue weighted by molar-refractivity contribution is 14.0. The average molecular weight is 470 g/mol. The van der Waals surface area contributed by atoms with Gasteiger partial charge in [0.25, 0.3) is 0 Å². The van der Waals surface area contributed by atoms with Crippen LogP contribution in [0.15, 0.2) is 4.99 Å². The molecular weight excluding hydrogens is 435 g/mol. The third-order valence-electron chi connectivity index (χ3n) is 3.96. The molecule has 0 aromatic rings. The van der Waals surface area contributed by atoms with Crippen LogP contribution in [0.2, 0.25) is 0 Å². The molecule has 8 heteroatoms. The normalized spacial score (nSPS) is 15.4. The van der Waals surface area contributed by atoms with E-state index in [2.05, 4.69) is 32.2 Å². The van der Waals surface area contributed by atoms with E-state index in [0.717, 1.165) is 84.1 Å². The van der Waals surface area contributed by atoms with Crippen LogP contribution in [0.25, 0.3) is 0 Å². The number of methoxy groups -OCH3 is 1. The Bertz CT molecular complexity index is 364. The van der Waals surface area contributed by atoms with Crippen LogP contribution in [0.5, 0.6) is 0 Å². The summed E-state index contributed by atoms with van der Waals surface area (Å²) in [5.41, 5.74) is 0. The number of nitrogens with zero attached hydrogens (tertiary/aromatic N) is 2. The second-order valence-corrected chi connectivity index (χ2v) is 5.88. The third-order valence-corrected chi connectivity index (χ3v) is 3.96. The van der Waals surface area contributed by atoms with Crippen molar-refractivity contribution in [2.24, 2.45) is 4.99 Å². The first kappa shape index (κ1) is 24.4. The molecule has 1 heterocycles. The van der Waals surface area contributed by atoms with Gasteiger partial charge in [-0.1, -0.05) is 12.8 Å². The van der Waals surface area contributed by atoms with Crippen LogP contribution >= 0.6 is 24.0 Å².